The van der Waals surface area contributed by atoms with E-state index in [4.69, 9.17) is 21.1 Å². The van der Waals surface area contributed by atoms with Crippen molar-refractivity contribution in [3.05, 3.63) is 83.4 Å². The van der Waals surface area contributed by atoms with E-state index in [2.05, 4.69) is 16.0 Å². The molecule has 3 aromatic carbocycles. The third kappa shape index (κ3) is 8.43. The standard InChI is InChI=1S/C29H32ClN3O4/c30-27-16-13-23(19-26(27)29(35)33-22-7-3-1-4-8-22)32-28(34)20-31-21-11-14-25(15-12-21)37-18-17-36-24-9-5-2-6-10-24/h2,5-6,9-16,19,22,31H,1,3-4,7-8,17-18,20H2,(H,32,34)(H,33,35). The van der Waals surface area contributed by atoms with Crippen LogP contribution in [0.1, 0.15) is 42.5 Å². The summed E-state index contributed by atoms with van der Waals surface area (Å²) in [7, 11) is 0. The molecule has 0 aliphatic heterocycles. The molecule has 37 heavy (non-hydrogen) atoms. The molecular formula is C29H32ClN3O4. The zero-order chi connectivity index (χ0) is 25.9. The van der Waals surface area contributed by atoms with Crippen LogP contribution >= 0.6 is 11.6 Å². The second-order valence-electron chi connectivity index (χ2n) is 8.94. The van der Waals surface area contributed by atoms with Gasteiger partial charge in [-0.25, -0.2) is 0 Å². The Morgan fingerprint density at radius 2 is 1.46 bits per heavy atom. The van der Waals surface area contributed by atoms with Gasteiger partial charge < -0.3 is 25.4 Å². The summed E-state index contributed by atoms with van der Waals surface area (Å²) in [6, 6.07) is 22.1. The minimum Gasteiger partial charge on any atom is -0.490 e. The van der Waals surface area contributed by atoms with Gasteiger partial charge in [0.15, 0.2) is 0 Å². The van der Waals surface area contributed by atoms with Gasteiger partial charge in [0, 0.05) is 17.4 Å². The molecule has 0 bridgehead atoms. The highest BCUT2D eigenvalue weighted by Gasteiger charge is 2.19. The van der Waals surface area contributed by atoms with Gasteiger partial charge in [-0.15, -0.1) is 0 Å². The topological polar surface area (TPSA) is 88.7 Å². The van der Waals surface area contributed by atoms with Gasteiger partial charge in [0.25, 0.3) is 5.91 Å². The van der Waals surface area contributed by atoms with Crippen molar-refractivity contribution in [3.63, 3.8) is 0 Å². The number of hydrogen-bond acceptors (Lipinski definition) is 5. The molecule has 1 fully saturated rings. The molecule has 1 aliphatic carbocycles. The Labute approximate surface area is 222 Å². The van der Waals surface area contributed by atoms with Crippen LogP contribution in [0.2, 0.25) is 5.02 Å². The number of benzene rings is 3. The van der Waals surface area contributed by atoms with Crippen LogP contribution in [-0.2, 0) is 4.79 Å². The number of halogens is 1. The predicted molar refractivity (Wildman–Crippen MR) is 147 cm³/mol. The van der Waals surface area contributed by atoms with Crippen molar-refractivity contribution in [1.82, 2.24) is 5.32 Å². The van der Waals surface area contributed by atoms with E-state index in [0.717, 1.165) is 37.1 Å². The minimum atomic E-state index is -0.237. The zero-order valence-corrected chi connectivity index (χ0v) is 21.4. The normalized spacial score (nSPS) is 13.4. The highest BCUT2D eigenvalue weighted by Crippen LogP contribution is 2.23. The van der Waals surface area contributed by atoms with Crippen LogP contribution in [-0.4, -0.2) is 37.6 Å². The summed E-state index contributed by atoms with van der Waals surface area (Å²) in [5, 5.41) is 9.33. The molecule has 0 aromatic heterocycles. The van der Waals surface area contributed by atoms with Crippen LogP contribution in [0.4, 0.5) is 11.4 Å². The number of carbonyl (C=O) groups is 2. The fraction of sp³-hybridized carbons (Fsp3) is 0.310. The van der Waals surface area contributed by atoms with Gasteiger partial charge >= 0.3 is 0 Å². The first-order valence-electron chi connectivity index (χ1n) is 12.6. The lowest BCUT2D eigenvalue weighted by Crippen LogP contribution is -2.36. The van der Waals surface area contributed by atoms with E-state index in [-0.39, 0.29) is 24.4 Å². The van der Waals surface area contributed by atoms with Crippen LogP contribution < -0.4 is 25.4 Å². The molecule has 1 saturated carbocycles. The van der Waals surface area contributed by atoms with Crippen molar-refractivity contribution in [2.75, 3.05) is 30.4 Å². The van der Waals surface area contributed by atoms with Crippen LogP contribution in [0, 0.1) is 0 Å². The first-order chi connectivity index (χ1) is 18.1. The molecular weight excluding hydrogens is 490 g/mol. The molecule has 2 amide bonds. The summed E-state index contributed by atoms with van der Waals surface area (Å²) in [6.45, 7) is 0.933. The van der Waals surface area contributed by atoms with Crippen molar-refractivity contribution in [2.24, 2.45) is 0 Å². The van der Waals surface area contributed by atoms with Crippen molar-refractivity contribution >= 4 is 34.8 Å². The van der Waals surface area contributed by atoms with Gasteiger partial charge in [0.1, 0.15) is 24.7 Å². The first kappa shape index (κ1) is 26.4. The Kier molecular flexibility index (Phi) is 9.66. The Morgan fingerprint density at radius 3 is 2.16 bits per heavy atom. The van der Waals surface area contributed by atoms with E-state index in [1.807, 2.05) is 54.6 Å². The van der Waals surface area contributed by atoms with Gasteiger partial charge in [-0.3, -0.25) is 9.59 Å². The number of rotatable bonds is 11. The fourth-order valence-electron chi connectivity index (χ4n) is 4.18. The molecule has 3 aromatic rings. The Balaban J connectivity index is 1.20. The Bertz CT molecular complexity index is 1170. The number of para-hydroxylation sites is 1. The van der Waals surface area contributed by atoms with Gasteiger partial charge in [0.2, 0.25) is 5.91 Å². The van der Waals surface area contributed by atoms with Crippen molar-refractivity contribution in [3.8, 4) is 11.5 Å². The summed E-state index contributed by atoms with van der Waals surface area (Å²) in [5.41, 5.74) is 1.67. The molecule has 0 spiro atoms. The number of carbonyl (C=O) groups excluding carboxylic acids is 2. The second-order valence-corrected chi connectivity index (χ2v) is 9.35. The first-order valence-corrected chi connectivity index (χ1v) is 13.0. The molecule has 0 heterocycles. The van der Waals surface area contributed by atoms with Crippen LogP contribution in [0.25, 0.3) is 0 Å². The maximum atomic E-state index is 12.7. The van der Waals surface area contributed by atoms with Gasteiger partial charge in [0.05, 0.1) is 17.1 Å². The highest BCUT2D eigenvalue weighted by molar-refractivity contribution is 6.34. The molecule has 7 nitrogen and oxygen atoms in total. The van der Waals surface area contributed by atoms with E-state index in [1.165, 1.54) is 6.42 Å². The molecule has 0 atom stereocenters. The van der Waals surface area contributed by atoms with E-state index < -0.39 is 0 Å². The van der Waals surface area contributed by atoms with Crippen LogP contribution in [0.15, 0.2) is 72.8 Å². The van der Waals surface area contributed by atoms with E-state index in [1.54, 1.807) is 18.2 Å². The molecule has 1 aliphatic rings. The van der Waals surface area contributed by atoms with E-state index in [0.29, 0.717) is 35.2 Å². The largest absolute Gasteiger partial charge is 0.490 e. The number of anilines is 2. The second kappa shape index (κ2) is 13.6. The van der Waals surface area contributed by atoms with Crippen LogP contribution in [0.5, 0.6) is 11.5 Å². The average Bonchev–Trinajstić information content (AvgIpc) is 2.93. The summed E-state index contributed by atoms with van der Waals surface area (Å²) >= 11 is 6.26. The third-order valence-corrected chi connectivity index (χ3v) is 6.44. The summed E-state index contributed by atoms with van der Waals surface area (Å²) in [4.78, 5) is 25.2. The maximum absolute atomic E-state index is 12.7. The lowest BCUT2D eigenvalue weighted by atomic mass is 9.95. The monoisotopic (exact) mass is 521 g/mol. The van der Waals surface area contributed by atoms with Crippen molar-refractivity contribution < 1.29 is 19.1 Å². The molecule has 0 unspecified atom stereocenters. The fourth-order valence-corrected chi connectivity index (χ4v) is 4.38. The van der Waals surface area contributed by atoms with Crippen LogP contribution in [0.3, 0.4) is 0 Å². The minimum absolute atomic E-state index is 0.0668. The molecule has 8 heteroatoms. The lowest BCUT2D eigenvalue weighted by molar-refractivity contribution is -0.114. The number of hydrogen-bond donors (Lipinski definition) is 3. The molecule has 0 saturated heterocycles. The Morgan fingerprint density at radius 1 is 0.811 bits per heavy atom. The summed E-state index contributed by atoms with van der Waals surface area (Å²) in [6.07, 6.45) is 5.44. The number of amides is 2. The molecule has 4 rings (SSSR count). The third-order valence-electron chi connectivity index (χ3n) is 6.11. The highest BCUT2D eigenvalue weighted by atomic mass is 35.5. The van der Waals surface area contributed by atoms with Gasteiger partial charge in [-0.2, -0.15) is 0 Å². The van der Waals surface area contributed by atoms with Gasteiger partial charge in [-0.05, 0) is 67.4 Å². The molecule has 0 radical (unpaired) electrons. The average molecular weight is 522 g/mol. The predicted octanol–water partition coefficient (Wildman–Crippen LogP) is 5.91. The molecule has 3 N–H and O–H groups in total. The lowest BCUT2D eigenvalue weighted by Gasteiger charge is -2.23. The van der Waals surface area contributed by atoms with Gasteiger partial charge in [-0.1, -0.05) is 49.1 Å². The SMILES string of the molecule is O=C(CNc1ccc(OCCOc2ccccc2)cc1)Nc1ccc(Cl)c(C(=O)NC2CCCCC2)c1. The van der Waals surface area contributed by atoms with E-state index >= 15 is 0 Å². The van der Waals surface area contributed by atoms with Crippen molar-refractivity contribution in [2.45, 2.75) is 38.1 Å². The summed E-state index contributed by atoms with van der Waals surface area (Å²) in [5.74, 6) is 1.08. The quantitative estimate of drug-likeness (QED) is 0.273. The number of nitrogens with one attached hydrogen (secondary N) is 3. The zero-order valence-electron chi connectivity index (χ0n) is 20.7. The van der Waals surface area contributed by atoms with E-state index in [9.17, 15) is 9.59 Å². The smallest absolute Gasteiger partial charge is 0.253 e. The Hall–Kier alpha value is -3.71. The number of ether oxygens (including phenoxy) is 2. The van der Waals surface area contributed by atoms with Crippen molar-refractivity contribution in [1.29, 1.82) is 0 Å². The summed E-state index contributed by atoms with van der Waals surface area (Å²) < 4.78 is 11.3. The maximum Gasteiger partial charge on any atom is 0.253 e. The molecule has 194 valence electrons.